The third-order valence-electron chi connectivity index (χ3n) is 3.32. The standard InChI is InChI=1S/C15H14N2O/c1-9-5-4-6-12-7-8-13-16-10(2)15(11(3)18)17(13)14(9)12/h4-8H,1-3H3. The smallest absolute Gasteiger partial charge is 0.178 e. The zero-order valence-electron chi connectivity index (χ0n) is 10.7. The van der Waals surface area contributed by atoms with Gasteiger partial charge in [-0.15, -0.1) is 0 Å². The number of fused-ring (bicyclic) bond motifs is 3. The molecule has 2 heterocycles. The number of ketones is 1. The SMILES string of the molecule is CC(=O)c1c(C)nc2ccc3cccc(C)c3n12. The topological polar surface area (TPSA) is 34.4 Å². The molecule has 0 aliphatic heterocycles. The second kappa shape index (κ2) is 3.67. The molecule has 90 valence electrons. The number of aryl methyl sites for hydroxylation is 2. The number of imidazole rings is 1. The van der Waals surface area contributed by atoms with Gasteiger partial charge in [0.05, 0.1) is 11.2 Å². The summed E-state index contributed by atoms with van der Waals surface area (Å²) in [5.41, 5.74) is 4.53. The van der Waals surface area contributed by atoms with E-state index in [-0.39, 0.29) is 5.78 Å². The molecule has 0 atom stereocenters. The zero-order valence-corrected chi connectivity index (χ0v) is 10.7. The van der Waals surface area contributed by atoms with Crippen LogP contribution in [0.4, 0.5) is 0 Å². The zero-order chi connectivity index (χ0) is 12.9. The number of hydrogen-bond donors (Lipinski definition) is 0. The molecule has 0 bridgehead atoms. The minimum atomic E-state index is 0.0516. The maximum atomic E-state index is 11.8. The van der Waals surface area contributed by atoms with Gasteiger partial charge in [-0.25, -0.2) is 4.98 Å². The van der Waals surface area contributed by atoms with Gasteiger partial charge in [0, 0.05) is 6.92 Å². The second-order valence-electron chi connectivity index (χ2n) is 4.64. The van der Waals surface area contributed by atoms with Gasteiger partial charge in [-0.3, -0.25) is 9.20 Å². The molecule has 0 aliphatic rings. The van der Waals surface area contributed by atoms with Gasteiger partial charge in [0.1, 0.15) is 11.3 Å². The Morgan fingerprint density at radius 1 is 1.17 bits per heavy atom. The molecule has 18 heavy (non-hydrogen) atoms. The van der Waals surface area contributed by atoms with Crippen LogP contribution in [0.3, 0.4) is 0 Å². The highest BCUT2D eigenvalue weighted by Gasteiger charge is 2.15. The summed E-state index contributed by atoms with van der Waals surface area (Å²) in [4.78, 5) is 16.3. The van der Waals surface area contributed by atoms with Gasteiger partial charge >= 0.3 is 0 Å². The van der Waals surface area contributed by atoms with Crippen LogP contribution >= 0.6 is 0 Å². The van der Waals surface area contributed by atoms with E-state index >= 15 is 0 Å². The van der Waals surface area contributed by atoms with Gasteiger partial charge in [0.15, 0.2) is 5.78 Å². The largest absolute Gasteiger partial charge is 0.293 e. The van der Waals surface area contributed by atoms with Gasteiger partial charge in [-0.2, -0.15) is 0 Å². The first-order valence-electron chi connectivity index (χ1n) is 5.98. The fraction of sp³-hybridized carbons (Fsp3) is 0.200. The van der Waals surface area contributed by atoms with Crippen molar-refractivity contribution in [3.8, 4) is 0 Å². The van der Waals surface area contributed by atoms with Gasteiger partial charge in [0.2, 0.25) is 0 Å². The number of para-hydroxylation sites is 1. The Morgan fingerprint density at radius 3 is 2.67 bits per heavy atom. The number of hydrogen-bond acceptors (Lipinski definition) is 2. The summed E-state index contributed by atoms with van der Waals surface area (Å²) < 4.78 is 1.97. The van der Waals surface area contributed by atoms with Crippen molar-refractivity contribution in [1.82, 2.24) is 9.38 Å². The summed E-state index contributed by atoms with van der Waals surface area (Å²) in [6, 6.07) is 10.2. The van der Waals surface area contributed by atoms with Crippen molar-refractivity contribution in [3.05, 3.63) is 47.3 Å². The van der Waals surface area contributed by atoms with Crippen LogP contribution in [0.25, 0.3) is 16.6 Å². The van der Waals surface area contributed by atoms with Gasteiger partial charge < -0.3 is 0 Å². The van der Waals surface area contributed by atoms with Crippen LogP contribution < -0.4 is 0 Å². The predicted octanol–water partition coefficient (Wildman–Crippen LogP) is 3.31. The predicted molar refractivity (Wildman–Crippen MR) is 72.2 cm³/mol. The summed E-state index contributed by atoms with van der Waals surface area (Å²) in [6.07, 6.45) is 0. The van der Waals surface area contributed by atoms with E-state index in [0.29, 0.717) is 5.69 Å². The summed E-state index contributed by atoms with van der Waals surface area (Å²) in [6.45, 7) is 5.53. The lowest BCUT2D eigenvalue weighted by molar-refractivity contribution is 0.101. The number of pyridine rings is 1. The molecular formula is C15H14N2O. The molecular weight excluding hydrogens is 224 g/mol. The first-order chi connectivity index (χ1) is 8.59. The Bertz CT molecular complexity index is 784. The number of benzene rings is 1. The highest BCUT2D eigenvalue weighted by molar-refractivity contribution is 5.97. The molecule has 0 aliphatic carbocycles. The van der Waals surface area contributed by atoms with Crippen LogP contribution in [0, 0.1) is 13.8 Å². The maximum Gasteiger partial charge on any atom is 0.178 e. The number of carbonyl (C=O) groups is 1. The fourth-order valence-corrected chi connectivity index (χ4v) is 2.59. The Balaban J connectivity index is 2.64. The van der Waals surface area contributed by atoms with E-state index in [1.807, 2.05) is 29.5 Å². The Morgan fingerprint density at radius 2 is 1.94 bits per heavy atom. The van der Waals surface area contributed by atoms with Crippen molar-refractivity contribution in [2.45, 2.75) is 20.8 Å². The molecule has 3 nitrogen and oxygen atoms in total. The number of nitrogens with zero attached hydrogens (tertiary/aromatic N) is 2. The molecule has 3 aromatic rings. The van der Waals surface area contributed by atoms with Crippen molar-refractivity contribution in [2.75, 3.05) is 0 Å². The van der Waals surface area contributed by atoms with Crippen molar-refractivity contribution >= 4 is 22.3 Å². The van der Waals surface area contributed by atoms with Crippen molar-refractivity contribution < 1.29 is 4.79 Å². The van der Waals surface area contributed by atoms with Crippen molar-refractivity contribution in [2.24, 2.45) is 0 Å². The number of carbonyl (C=O) groups excluding carboxylic acids is 1. The van der Waals surface area contributed by atoms with Crippen molar-refractivity contribution in [1.29, 1.82) is 0 Å². The number of rotatable bonds is 1. The minimum Gasteiger partial charge on any atom is -0.293 e. The molecule has 0 spiro atoms. The van der Waals surface area contributed by atoms with E-state index in [1.54, 1.807) is 6.92 Å². The van der Waals surface area contributed by atoms with Crippen LogP contribution in [0.5, 0.6) is 0 Å². The maximum absolute atomic E-state index is 11.8. The van der Waals surface area contributed by atoms with Gasteiger partial charge in [0.25, 0.3) is 0 Å². The highest BCUT2D eigenvalue weighted by atomic mass is 16.1. The normalized spacial score (nSPS) is 11.3. The Labute approximate surface area is 105 Å². The van der Waals surface area contributed by atoms with Crippen LogP contribution in [-0.2, 0) is 0 Å². The lowest BCUT2D eigenvalue weighted by Gasteiger charge is -2.07. The molecule has 1 aromatic carbocycles. The highest BCUT2D eigenvalue weighted by Crippen LogP contribution is 2.23. The van der Waals surface area contributed by atoms with E-state index in [4.69, 9.17) is 0 Å². The summed E-state index contributed by atoms with van der Waals surface area (Å²) in [5, 5.41) is 1.13. The number of aromatic nitrogens is 2. The Hall–Kier alpha value is -2.16. The quantitative estimate of drug-likeness (QED) is 0.609. The van der Waals surface area contributed by atoms with Crippen LogP contribution in [0.2, 0.25) is 0 Å². The van der Waals surface area contributed by atoms with E-state index in [0.717, 1.165) is 27.8 Å². The summed E-state index contributed by atoms with van der Waals surface area (Å²) >= 11 is 0. The minimum absolute atomic E-state index is 0.0516. The first kappa shape index (κ1) is 11.0. The molecule has 0 radical (unpaired) electrons. The third-order valence-corrected chi connectivity index (χ3v) is 3.32. The molecule has 2 aromatic heterocycles. The molecule has 3 rings (SSSR count). The molecule has 0 N–H and O–H groups in total. The van der Waals surface area contributed by atoms with Crippen LogP contribution in [-0.4, -0.2) is 15.2 Å². The summed E-state index contributed by atoms with van der Waals surface area (Å²) in [5.74, 6) is 0.0516. The molecule has 3 heteroatoms. The van der Waals surface area contributed by atoms with Crippen LogP contribution in [0.15, 0.2) is 30.3 Å². The third kappa shape index (κ3) is 1.37. The van der Waals surface area contributed by atoms with Gasteiger partial charge in [-0.05, 0) is 36.9 Å². The first-order valence-corrected chi connectivity index (χ1v) is 5.98. The average molecular weight is 238 g/mol. The molecule has 0 amide bonds. The van der Waals surface area contributed by atoms with E-state index in [1.165, 1.54) is 0 Å². The van der Waals surface area contributed by atoms with Crippen molar-refractivity contribution in [3.63, 3.8) is 0 Å². The fourth-order valence-electron chi connectivity index (χ4n) is 2.59. The molecule has 0 unspecified atom stereocenters. The van der Waals surface area contributed by atoms with E-state index < -0.39 is 0 Å². The van der Waals surface area contributed by atoms with E-state index in [9.17, 15) is 4.79 Å². The van der Waals surface area contributed by atoms with Crippen LogP contribution in [0.1, 0.15) is 28.7 Å². The van der Waals surface area contributed by atoms with E-state index in [2.05, 4.69) is 24.0 Å². The molecule has 0 fully saturated rings. The second-order valence-corrected chi connectivity index (χ2v) is 4.64. The Kier molecular flexibility index (Phi) is 2.23. The monoisotopic (exact) mass is 238 g/mol. The number of Topliss-reactive ketones (excluding diaryl/α,β-unsaturated/α-hetero) is 1. The lowest BCUT2D eigenvalue weighted by atomic mass is 10.1. The average Bonchev–Trinajstić information content (AvgIpc) is 2.65. The lowest BCUT2D eigenvalue weighted by Crippen LogP contribution is -2.02. The molecule has 0 saturated carbocycles. The summed E-state index contributed by atoms with van der Waals surface area (Å²) in [7, 11) is 0. The molecule has 0 saturated heterocycles. The van der Waals surface area contributed by atoms with Gasteiger partial charge in [-0.1, -0.05) is 18.2 Å².